The molecule has 1 aliphatic carbocycles. The molecule has 1 heterocycles. The fourth-order valence-electron chi connectivity index (χ4n) is 2.70. The number of alkyl halides is 3. The van der Waals surface area contributed by atoms with Gasteiger partial charge >= 0.3 is 6.18 Å². The number of benzene rings is 1. The zero-order chi connectivity index (χ0) is 14.7. The molecule has 0 spiro atoms. The molecule has 1 saturated carbocycles. The molecule has 3 rings (SSSR count). The van der Waals surface area contributed by atoms with E-state index in [1.807, 2.05) is 0 Å². The largest absolute Gasteiger partial charge is 0.462 e. The van der Waals surface area contributed by atoms with Crippen LogP contribution >= 0.6 is 0 Å². The Labute approximate surface area is 111 Å². The monoisotopic (exact) mass is 289 g/mol. The van der Waals surface area contributed by atoms with Crippen molar-refractivity contribution in [1.82, 2.24) is 0 Å². The minimum atomic E-state index is -4.80. The molecule has 20 heavy (non-hydrogen) atoms. The van der Waals surface area contributed by atoms with Crippen LogP contribution in [-0.2, 0) is 10.3 Å². The molecule has 3 atom stereocenters. The second-order valence-electron chi connectivity index (χ2n) is 4.95. The number of hydrogen-bond acceptors (Lipinski definition) is 4. The van der Waals surface area contributed by atoms with Gasteiger partial charge in [-0.3, -0.25) is 0 Å². The van der Waals surface area contributed by atoms with Crippen LogP contribution in [0.2, 0.25) is 0 Å². The first-order chi connectivity index (χ1) is 9.25. The summed E-state index contributed by atoms with van der Waals surface area (Å²) in [7, 11) is 0. The molecule has 108 valence electrons. The van der Waals surface area contributed by atoms with Gasteiger partial charge in [0.2, 0.25) is 0 Å². The van der Waals surface area contributed by atoms with Crippen molar-refractivity contribution in [2.24, 2.45) is 16.6 Å². The van der Waals surface area contributed by atoms with E-state index in [9.17, 15) is 17.6 Å². The number of rotatable bonds is 1. The molecule has 1 unspecified atom stereocenters. The van der Waals surface area contributed by atoms with Gasteiger partial charge in [-0.2, -0.15) is 13.2 Å². The standard InChI is InChI=1S/C12H11F4N3O/c13-8-2-1-5(17)3-6(8)11(12(14,15)16)7-4-9(7)20-10(18)19-11/h1-3,7,9H,4,17H2,(H2,18,19)/t7-,9?,11+/m0/s1. The molecule has 0 bridgehead atoms. The van der Waals surface area contributed by atoms with Gasteiger partial charge in [0.25, 0.3) is 6.02 Å². The minimum Gasteiger partial charge on any atom is -0.462 e. The summed E-state index contributed by atoms with van der Waals surface area (Å²) in [5.74, 6) is -1.99. The normalized spacial score (nSPS) is 32.1. The summed E-state index contributed by atoms with van der Waals surface area (Å²) in [5, 5.41) is 0. The quantitative estimate of drug-likeness (QED) is 0.612. The van der Waals surface area contributed by atoms with Crippen LogP contribution in [0.5, 0.6) is 0 Å². The molecule has 1 aromatic rings. The molecule has 0 radical (unpaired) electrons. The van der Waals surface area contributed by atoms with Crippen molar-refractivity contribution in [3.63, 3.8) is 0 Å². The number of fused-ring (bicyclic) bond motifs is 1. The summed E-state index contributed by atoms with van der Waals surface area (Å²) in [6.45, 7) is 0. The van der Waals surface area contributed by atoms with E-state index in [2.05, 4.69) is 4.99 Å². The lowest BCUT2D eigenvalue weighted by Crippen LogP contribution is -2.48. The fraction of sp³-hybridized carbons (Fsp3) is 0.417. The third-order valence-corrected chi connectivity index (χ3v) is 3.66. The number of nitrogens with two attached hydrogens (primary N) is 2. The Kier molecular flexibility index (Phi) is 2.45. The van der Waals surface area contributed by atoms with Crippen LogP contribution in [0.3, 0.4) is 0 Å². The van der Waals surface area contributed by atoms with E-state index in [1.54, 1.807) is 0 Å². The van der Waals surface area contributed by atoms with Gasteiger partial charge in [-0.25, -0.2) is 9.38 Å². The van der Waals surface area contributed by atoms with Gasteiger partial charge in [0.15, 0.2) is 5.54 Å². The Bertz CT molecular complexity index is 601. The van der Waals surface area contributed by atoms with Crippen molar-refractivity contribution in [3.05, 3.63) is 29.6 Å². The predicted molar refractivity (Wildman–Crippen MR) is 63.1 cm³/mol. The zero-order valence-electron chi connectivity index (χ0n) is 10.1. The molecule has 0 amide bonds. The summed E-state index contributed by atoms with van der Waals surface area (Å²) in [5.41, 5.74) is 7.51. The Hall–Kier alpha value is -1.99. The number of halogens is 4. The van der Waals surface area contributed by atoms with Crippen molar-refractivity contribution in [3.8, 4) is 0 Å². The number of anilines is 1. The highest BCUT2D eigenvalue weighted by Gasteiger charge is 2.71. The molecule has 1 aromatic carbocycles. The van der Waals surface area contributed by atoms with Crippen LogP contribution in [-0.4, -0.2) is 18.3 Å². The molecule has 1 aliphatic heterocycles. The van der Waals surface area contributed by atoms with Crippen LogP contribution in [0.15, 0.2) is 23.2 Å². The predicted octanol–water partition coefficient (Wildman–Crippen LogP) is 1.90. The average molecular weight is 289 g/mol. The lowest BCUT2D eigenvalue weighted by atomic mass is 9.83. The molecule has 2 aliphatic rings. The van der Waals surface area contributed by atoms with Crippen molar-refractivity contribution >= 4 is 11.7 Å². The van der Waals surface area contributed by atoms with E-state index in [-0.39, 0.29) is 12.1 Å². The first-order valence-corrected chi connectivity index (χ1v) is 5.90. The van der Waals surface area contributed by atoms with Gasteiger partial charge < -0.3 is 16.2 Å². The van der Waals surface area contributed by atoms with Crippen LogP contribution in [0.1, 0.15) is 12.0 Å². The fourth-order valence-corrected chi connectivity index (χ4v) is 2.70. The summed E-state index contributed by atoms with van der Waals surface area (Å²) in [4.78, 5) is 3.43. The SMILES string of the molecule is NC1=N[C@@](c2cc(N)ccc2F)(C(F)(F)F)[C@H]2CC2O1. The highest BCUT2D eigenvalue weighted by Crippen LogP contribution is 2.60. The Morgan fingerprint density at radius 1 is 1.30 bits per heavy atom. The second kappa shape index (κ2) is 3.77. The minimum absolute atomic E-state index is 0.0301. The van der Waals surface area contributed by atoms with E-state index in [4.69, 9.17) is 16.2 Å². The van der Waals surface area contributed by atoms with Gasteiger partial charge in [-0.1, -0.05) is 0 Å². The molecule has 1 fully saturated rings. The van der Waals surface area contributed by atoms with Gasteiger partial charge in [-0.15, -0.1) is 0 Å². The summed E-state index contributed by atoms with van der Waals surface area (Å²) in [6.07, 6.45) is -5.36. The van der Waals surface area contributed by atoms with Crippen LogP contribution in [0.25, 0.3) is 0 Å². The van der Waals surface area contributed by atoms with E-state index in [1.165, 1.54) is 6.07 Å². The maximum atomic E-state index is 13.9. The maximum absolute atomic E-state index is 13.9. The van der Waals surface area contributed by atoms with E-state index in [0.29, 0.717) is 0 Å². The van der Waals surface area contributed by atoms with Crippen molar-refractivity contribution in [1.29, 1.82) is 0 Å². The number of ether oxygens (including phenoxy) is 1. The van der Waals surface area contributed by atoms with Gasteiger partial charge in [0.1, 0.15) is 11.9 Å². The van der Waals surface area contributed by atoms with Gasteiger partial charge in [0.05, 0.1) is 0 Å². The molecule has 8 heteroatoms. The van der Waals surface area contributed by atoms with Crippen LogP contribution < -0.4 is 11.5 Å². The topological polar surface area (TPSA) is 73.6 Å². The highest BCUT2D eigenvalue weighted by molar-refractivity contribution is 5.74. The van der Waals surface area contributed by atoms with Crippen molar-refractivity contribution in [2.75, 3.05) is 5.73 Å². The number of nitrogen functional groups attached to an aromatic ring is 1. The smallest absolute Gasteiger partial charge is 0.418 e. The van der Waals surface area contributed by atoms with E-state index >= 15 is 0 Å². The van der Waals surface area contributed by atoms with Crippen molar-refractivity contribution < 1.29 is 22.3 Å². The molecule has 4 nitrogen and oxygen atoms in total. The Morgan fingerprint density at radius 2 is 2.00 bits per heavy atom. The second-order valence-corrected chi connectivity index (χ2v) is 4.95. The lowest BCUT2D eigenvalue weighted by molar-refractivity contribution is -0.201. The number of nitrogens with zero attached hydrogens (tertiary/aromatic N) is 1. The Balaban J connectivity index is 2.27. The lowest BCUT2D eigenvalue weighted by Gasteiger charge is -2.35. The summed E-state index contributed by atoms with van der Waals surface area (Å²) < 4.78 is 59.8. The highest BCUT2D eigenvalue weighted by atomic mass is 19.4. The number of hydrogen-bond donors (Lipinski definition) is 2. The van der Waals surface area contributed by atoms with Crippen molar-refractivity contribution in [2.45, 2.75) is 24.2 Å². The average Bonchev–Trinajstić information content (AvgIpc) is 3.08. The number of amidine groups is 1. The molecule has 4 N–H and O–H groups in total. The van der Waals surface area contributed by atoms with Crippen LogP contribution in [0, 0.1) is 11.7 Å². The summed E-state index contributed by atoms with van der Waals surface area (Å²) in [6, 6.07) is 2.47. The first kappa shape index (κ1) is 13.0. The molecular weight excluding hydrogens is 278 g/mol. The number of aliphatic imine (C=N–C) groups is 1. The molecule has 0 saturated heterocycles. The third kappa shape index (κ3) is 1.63. The third-order valence-electron chi connectivity index (χ3n) is 3.66. The first-order valence-electron chi connectivity index (χ1n) is 5.90. The maximum Gasteiger partial charge on any atom is 0.418 e. The Morgan fingerprint density at radius 3 is 2.65 bits per heavy atom. The molecular formula is C12H11F4N3O. The van der Waals surface area contributed by atoms with Gasteiger partial charge in [-0.05, 0) is 24.6 Å². The zero-order valence-corrected chi connectivity index (χ0v) is 10.1. The van der Waals surface area contributed by atoms with Gasteiger partial charge in [0, 0.05) is 17.2 Å². The van der Waals surface area contributed by atoms with E-state index < -0.39 is 41.1 Å². The van der Waals surface area contributed by atoms with Crippen LogP contribution in [0.4, 0.5) is 23.2 Å². The summed E-state index contributed by atoms with van der Waals surface area (Å²) >= 11 is 0. The van der Waals surface area contributed by atoms with E-state index in [0.717, 1.165) is 12.1 Å². The molecule has 0 aromatic heterocycles.